The lowest BCUT2D eigenvalue weighted by molar-refractivity contribution is 0.732. The fourth-order valence-corrected chi connectivity index (χ4v) is 2.73. The van der Waals surface area contributed by atoms with Crippen molar-refractivity contribution in [2.45, 2.75) is 44.9 Å². The predicted octanol–water partition coefficient (Wildman–Crippen LogP) is 6.03. The molecule has 0 aromatic heterocycles. The summed E-state index contributed by atoms with van der Waals surface area (Å²) in [6, 6.07) is 17.3. The molecule has 20 heavy (non-hydrogen) atoms. The van der Waals surface area contributed by atoms with Gasteiger partial charge in [0.1, 0.15) is 0 Å². The Morgan fingerprint density at radius 2 is 1.55 bits per heavy atom. The van der Waals surface area contributed by atoms with Gasteiger partial charge in [-0.1, -0.05) is 62.4 Å². The summed E-state index contributed by atoms with van der Waals surface area (Å²) in [7, 11) is 0. The first-order valence-corrected chi connectivity index (χ1v) is 7.84. The maximum absolute atomic E-state index is 6.58. The zero-order chi connectivity index (χ0) is 14.5. The number of halogens is 1. The van der Waals surface area contributed by atoms with E-state index in [1.165, 1.54) is 28.7 Å². The van der Waals surface area contributed by atoms with Crippen molar-refractivity contribution in [3.63, 3.8) is 0 Å². The van der Waals surface area contributed by atoms with Gasteiger partial charge in [0, 0.05) is 0 Å². The van der Waals surface area contributed by atoms with Crippen molar-refractivity contribution in [3.05, 3.63) is 70.8 Å². The Morgan fingerprint density at radius 1 is 0.950 bits per heavy atom. The molecule has 2 atom stereocenters. The summed E-state index contributed by atoms with van der Waals surface area (Å²) in [6.45, 7) is 6.63. The van der Waals surface area contributed by atoms with E-state index in [0.717, 1.165) is 6.42 Å². The predicted molar refractivity (Wildman–Crippen MR) is 88.6 cm³/mol. The third kappa shape index (κ3) is 3.64. The molecule has 0 saturated carbocycles. The molecule has 0 spiro atoms. The molecule has 0 bridgehead atoms. The highest BCUT2D eigenvalue weighted by atomic mass is 35.5. The summed E-state index contributed by atoms with van der Waals surface area (Å²) in [4.78, 5) is 0. The van der Waals surface area contributed by atoms with Gasteiger partial charge in [0.05, 0.1) is 5.38 Å². The fourth-order valence-electron chi connectivity index (χ4n) is 2.42. The van der Waals surface area contributed by atoms with Gasteiger partial charge in [0.25, 0.3) is 0 Å². The van der Waals surface area contributed by atoms with Crippen LogP contribution in [0.1, 0.15) is 53.8 Å². The average Bonchev–Trinajstić information content (AvgIpc) is 2.49. The van der Waals surface area contributed by atoms with Crippen LogP contribution < -0.4 is 0 Å². The first-order valence-electron chi connectivity index (χ1n) is 7.40. The third-order valence-electron chi connectivity index (χ3n) is 4.14. The van der Waals surface area contributed by atoms with E-state index in [-0.39, 0.29) is 5.38 Å². The molecule has 0 amide bonds. The fraction of sp³-hybridized carbons (Fsp3) is 0.368. The van der Waals surface area contributed by atoms with E-state index in [0.29, 0.717) is 5.92 Å². The SMILES string of the molecule is CCC(C)c1ccc(C(Cl)Cc2ccccc2C)cc1. The van der Waals surface area contributed by atoms with Crippen LogP contribution in [0, 0.1) is 6.92 Å². The molecular weight excluding hydrogens is 264 g/mol. The Balaban J connectivity index is 2.10. The van der Waals surface area contributed by atoms with E-state index in [1.807, 2.05) is 0 Å². The molecule has 0 heterocycles. The average molecular weight is 287 g/mol. The zero-order valence-electron chi connectivity index (χ0n) is 12.6. The second kappa shape index (κ2) is 6.95. The van der Waals surface area contributed by atoms with Crippen LogP contribution in [0.3, 0.4) is 0 Å². The molecule has 0 aliphatic carbocycles. The van der Waals surface area contributed by atoms with E-state index >= 15 is 0 Å². The highest BCUT2D eigenvalue weighted by Gasteiger charge is 2.11. The van der Waals surface area contributed by atoms with Crippen molar-refractivity contribution in [2.75, 3.05) is 0 Å². The quantitative estimate of drug-likeness (QED) is 0.589. The van der Waals surface area contributed by atoms with Crippen molar-refractivity contribution < 1.29 is 0 Å². The Morgan fingerprint density at radius 3 is 2.15 bits per heavy atom. The monoisotopic (exact) mass is 286 g/mol. The molecule has 1 heteroatoms. The van der Waals surface area contributed by atoms with Crippen LogP contribution in [0.4, 0.5) is 0 Å². The minimum absolute atomic E-state index is 0.0436. The van der Waals surface area contributed by atoms with Crippen LogP contribution in [-0.4, -0.2) is 0 Å². The molecule has 2 rings (SSSR count). The van der Waals surface area contributed by atoms with Gasteiger partial charge in [0.15, 0.2) is 0 Å². The highest BCUT2D eigenvalue weighted by Crippen LogP contribution is 2.28. The highest BCUT2D eigenvalue weighted by molar-refractivity contribution is 6.20. The van der Waals surface area contributed by atoms with Gasteiger partial charge in [-0.3, -0.25) is 0 Å². The lowest BCUT2D eigenvalue weighted by Crippen LogP contribution is -1.99. The Labute approximate surface area is 127 Å². The van der Waals surface area contributed by atoms with Gasteiger partial charge in [-0.15, -0.1) is 11.6 Å². The summed E-state index contributed by atoms with van der Waals surface area (Å²) >= 11 is 6.58. The van der Waals surface area contributed by atoms with Crippen LogP contribution >= 0.6 is 11.6 Å². The van der Waals surface area contributed by atoms with Gasteiger partial charge < -0.3 is 0 Å². The molecule has 2 aromatic carbocycles. The van der Waals surface area contributed by atoms with Crippen molar-refractivity contribution in [3.8, 4) is 0 Å². The van der Waals surface area contributed by atoms with Gasteiger partial charge in [-0.2, -0.15) is 0 Å². The third-order valence-corrected chi connectivity index (χ3v) is 4.55. The van der Waals surface area contributed by atoms with Crippen molar-refractivity contribution in [1.82, 2.24) is 0 Å². The molecule has 0 saturated heterocycles. The van der Waals surface area contributed by atoms with Crippen LogP contribution in [0.25, 0.3) is 0 Å². The summed E-state index contributed by atoms with van der Waals surface area (Å²) in [5, 5.41) is 0.0436. The lowest BCUT2D eigenvalue weighted by atomic mass is 9.95. The molecule has 0 aliphatic heterocycles. The number of hydrogen-bond donors (Lipinski definition) is 0. The molecule has 106 valence electrons. The molecule has 0 radical (unpaired) electrons. The van der Waals surface area contributed by atoms with E-state index in [4.69, 9.17) is 11.6 Å². The largest absolute Gasteiger partial charge is 0.117 e. The Kier molecular flexibility index (Phi) is 5.25. The van der Waals surface area contributed by atoms with Crippen LogP contribution in [-0.2, 0) is 6.42 Å². The lowest BCUT2D eigenvalue weighted by Gasteiger charge is -2.14. The van der Waals surface area contributed by atoms with Gasteiger partial charge in [-0.25, -0.2) is 0 Å². The van der Waals surface area contributed by atoms with Crippen LogP contribution in [0.15, 0.2) is 48.5 Å². The summed E-state index contributed by atoms with van der Waals surface area (Å²) in [6.07, 6.45) is 2.06. The smallest absolute Gasteiger partial charge is 0.0625 e. The summed E-state index contributed by atoms with van der Waals surface area (Å²) < 4.78 is 0. The number of hydrogen-bond acceptors (Lipinski definition) is 0. The first kappa shape index (κ1) is 15.1. The number of aryl methyl sites for hydroxylation is 1. The van der Waals surface area contributed by atoms with Crippen molar-refractivity contribution >= 4 is 11.6 Å². The molecule has 0 N–H and O–H groups in total. The molecule has 0 aliphatic rings. The first-order chi connectivity index (χ1) is 9.61. The number of rotatable bonds is 5. The van der Waals surface area contributed by atoms with E-state index < -0.39 is 0 Å². The standard InChI is InChI=1S/C19H23Cl/c1-4-14(2)16-9-11-17(12-10-16)19(20)13-18-8-6-5-7-15(18)3/h5-12,14,19H,4,13H2,1-3H3. The minimum Gasteiger partial charge on any atom is -0.117 e. The second-order valence-electron chi connectivity index (χ2n) is 5.57. The maximum Gasteiger partial charge on any atom is 0.0625 e. The molecule has 0 fully saturated rings. The van der Waals surface area contributed by atoms with E-state index in [1.54, 1.807) is 0 Å². The number of alkyl halides is 1. The zero-order valence-corrected chi connectivity index (χ0v) is 13.3. The van der Waals surface area contributed by atoms with Crippen LogP contribution in [0.5, 0.6) is 0 Å². The van der Waals surface area contributed by atoms with Crippen molar-refractivity contribution in [1.29, 1.82) is 0 Å². The Bertz CT molecular complexity index is 542. The molecular formula is C19H23Cl. The summed E-state index contributed by atoms with van der Waals surface area (Å²) in [5.41, 5.74) is 5.26. The summed E-state index contributed by atoms with van der Waals surface area (Å²) in [5.74, 6) is 0.620. The number of benzene rings is 2. The second-order valence-corrected chi connectivity index (χ2v) is 6.10. The van der Waals surface area contributed by atoms with E-state index in [9.17, 15) is 0 Å². The minimum atomic E-state index is 0.0436. The normalized spacial score (nSPS) is 14.0. The van der Waals surface area contributed by atoms with Gasteiger partial charge in [-0.05, 0) is 47.9 Å². The van der Waals surface area contributed by atoms with Crippen LogP contribution in [0.2, 0.25) is 0 Å². The van der Waals surface area contributed by atoms with Gasteiger partial charge in [0.2, 0.25) is 0 Å². The molecule has 2 unspecified atom stereocenters. The topological polar surface area (TPSA) is 0 Å². The molecule has 0 nitrogen and oxygen atoms in total. The Hall–Kier alpha value is -1.27. The molecule has 2 aromatic rings. The van der Waals surface area contributed by atoms with Gasteiger partial charge >= 0.3 is 0 Å². The van der Waals surface area contributed by atoms with E-state index in [2.05, 4.69) is 69.3 Å². The maximum atomic E-state index is 6.58. The van der Waals surface area contributed by atoms with Crippen molar-refractivity contribution in [2.24, 2.45) is 0 Å².